The predicted octanol–water partition coefficient (Wildman–Crippen LogP) is 7.36. The Labute approximate surface area is 263 Å². The first-order valence-corrected chi connectivity index (χ1v) is 14.4. The van der Waals surface area contributed by atoms with Crippen molar-refractivity contribution in [3.63, 3.8) is 0 Å². The van der Waals surface area contributed by atoms with E-state index in [2.05, 4.69) is 22.3 Å². The molecule has 1 saturated heterocycles. The number of aliphatic imine (C=N–C) groups is 1. The van der Waals surface area contributed by atoms with Gasteiger partial charge in [-0.25, -0.2) is 4.79 Å². The van der Waals surface area contributed by atoms with E-state index >= 15 is 0 Å². The van der Waals surface area contributed by atoms with Gasteiger partial charge in [0.15, 0.2) is 5.54 Å². The summed E-state index contributed by atoms with van der Waals surface area (Å²) in [5, 5.41) is 15.2. The summed E-state index contributed by atoms with van der Waals surface area (Å²) in [7, 11) is 0. The summed E-state index contributed by atoms with van der Waals surface area (Å²) in [6.45, 7) is 5.07. The molecule has 0 aliphatic carbocycles. The zero-order valence-corrected chi connectivity index (χ0v) is 25.4. The van der Waals surface area contributed by atoms with E-state index in [1.807, 2.05) is 104 Å². The number of carbonyl (C=O) groups is 2. The summed E-state index contributed by atoms with van der Waals surface area (Å²) >= 11 is 0. The molecule has 0 saturated carbocycles. The minimum absolute atomic E-state index is 0. The number of likely N-dealkylation sites (tertiary alicyclic amines) is 1. The second kappa shape index (κ2) is 14.4. The molecular weight excluding hydrogens is 581 g/mol. The fraction of sp³-hybridized carbons (Fsp3) is 0.250. The number of carboxylic acids is 1. The molecule has 7 heteroatoms. The number of rotatable bonds is 10. The molecule has 4 aromatic rings. The molecule has 1 fully saturated rings. The Morgan fingerprint density at radius 1 is 0.907 bits per heavy atom. The third-order valence-corrected chi connectivity index (χ3v) is 8.23. The van der Waals surface area contributed by atoms with Crippen LogP contribution in [0.2, 0.25) is 0 Å². The summed E-state index contributed by atoms with van der Waals surface area (Å²) < 4.78 is 0. The van der Waals surface area contributed by atoms with E-state index in [0.29, 0.717) is 23.5 Å². The molecule has 3 atom stereocenters. The van der Waals surface area contributed by atoms with Crippen LogP contribution in [-0.2, 0) is 32.6 Å². The molecule has 4 aromatic carbocycles. The van der Waals surface area contributed by atoms with Crippen LogP contribution in [0.4, 0.5) is 5.69 Å². The van der Waals surface area contributed by atoms with E-state index in [1.165, 1.54) is 0 Å². The van der Waals surface area contributed by atoms with E-state index in [0.717, 1.165) is 36.1 Å². The van der Waals surface area contributed by atoms with Crippen LogP contribution < -0.4 is 0 Å². The summed E-state index contributed by atoms with van der Waals surface area (Å²) in [5.74, 6) is -1.65. The largest absolute Gasteiger partial charge is 0.625 e. The molecule has 224 valence electrons. The average Bonchev–Trinajstić information content (AvgIpc) is 3.49. The summed E-state index contributed by atoms with van der Waals surface area (Å²) in [4.78, 5) is 33.7. The van der Waals surface area contributed by atoms with Crippen LogP contribution >= 0.6 is 0 Å². The maximum absolute atomic E-state index is 13.7. The second-order valence-electron chi connectivity index (χ2n) is 11.0. The van der Waals surface area contributed by atoms with Crippen molar-refractivity contribution in [3.8, 4) is 0 Å². The Balaban J connectivity index is 0.00000423. The van der Waals surface area contributed by atoms with Gasteiger partial charge in [0.1, 0.15) is 0 Å². The quantitative estimate of drug-likeness (QED) is 0.149. The van der Waals surface area contributed by atoms with Crippen molar-refractivity contribution in [2.24, 2.45) is 4.99 Å². The third-order valence-electron chi connectivity index (χ3n) is 8.23. The van der Waals surface area contributed by atoms with Crippen LogP contribution in [0.3, 0.4) is 0 Å². The van der Waals surface area contributed by atoms with Crippen LogP contribution in [0, 0.1) is 0 Å². The first-order valence-electron chi connectivity index (χ1n) is 14.4. The predicted molar refractivity (Wildman–Crippen MR) is 167 cm³/mol. The van der Waals surface area contributed by atoms with Crippen molar-refractivity contribution < 1.29 is 31.2 Å². The molecule has 0 spiro atoms. The van der Waals surface area contributed by atoms with E-state index in [1.54, 1.807) is 13.0 Å². The number of nitrogens with zero attached hydrogens (tertiary/aromatic N) is 3. The SMILES string of the molecule is C[C@@H](c1ccccc1)[C@](C)(N=C(c1ccccc1)c1ccccc1[N-]C(=O)[C@@H]1CCCN1Cc1ccccc1)C(=O)O.[Ni]. The van der Waals surface area contributed by atoms with Crippen molar-refractivity contribution in [1.29, 1.82) is 0 Å². The van der Waals surface area contributed by atoms with Gasteiger partial charge in [-0.2, -0.15) is 0 Å². The van der Waals surface area contributed by atoms with Gasteiger partial charge >= 0.3 is 5.97 Å². The molecule has 0 aromatic heterocycles. The Hall–Kier alpha value is -4.06. The van der Waals surface area contributed by atoms with Crippen LogP contribution in [0.15, 0.2) is 120 Å². The number of para-hydroxylation sites is 1. The second-order valence-corrected chi connectivity index (χ2v) is 11.0. The molecule has 6 nitrogen and oxygen atoms in total. The Morgan fingerprint density at radius 3 is 2.14 bits per heavy atom. The minimum Gasteiger partial charge on any atom is -0.625 e. The molecule has 1 heterocycles. The number of carbonyl (C=O) groups excluding carboxylic acids is 1. The van der Waals surface area contributed by atoms with Gasteiger partial charge in [-0.05, 0) is 43.0 Å². The van der Waals surface area contributed by atoms with Gasteiger partial charge in [-0.1, -0.05) is 122 Å². The summed E-state index contributed by atoms with van der Waals surface area (Å²) in [5.41, 5.74) is 2.91. The van der Waals surface area contributed by atoms with Crippen LogP contribution in [-0.4, -0.2) is 45.7 Å². The zero-order valence-electron chi connectivity index (χ0n) is 24.4. The zero-order chi connectivity index (χ0) is 29.5. The van der Waals surface area contributed by atoms with Crippen LogP contribution in [0.5, 0.6) is 0 Å². The molecule has 0 unspecified atom stereocenters. The first-order chi connectivity index (χ1) is 20.4. The molecule has 0 radical (unpaired) electrons. The van der Waals surface area contributed by atoms with Crippen LogP contribution in [0.25, 0.3) is 5.32 Å². The fourth-order valence-corrected chi connectivity index (χ4v) is 5.58. The molecule has 0 bridgehead atoms. The van der Waals surface area contributed by atoms with Crippen molar-refractivity contribution in [2.45, 2.75) is 50.7 Å². The van der Waals surface area contributed by atoms with E-state index < -0.39 is 17.4 Å². The first kappa shape index (κ1) is 31.9. The molecule has 1 aliphatic rings. The normalized spacial score (nSPS) is 17.3. The monoisotopic (exact) mass is 616 g/mol. The number of carboxylic acid groups (broad SMARTS) is 1. The van der Waals surface area contributed by atoms with Gasteiger partial charge in [0.05, 0.1) is 17.7 Å². The van der Waals surface area contributed by atoms with Gasteiger partial charge in [-0.3, -0.25) is 9.89 Å². The third kappa shape index (κ3) is 7.30. The Morgan fingerprint density at radius 2 is 1.49 bits per heavy atom. The van der Waals surface area contributed by atoms with Crippen molar-refractivity contribution in [1.82, 2.24) is 4.90 Å². The molecule has 5 rings (SSSR count). The standard InChI is InChI=1S/C36H37N3O3.Ni/c1-26(28-17-8-4-9-18-28)36(2,35(41)42)38-33(29-19-10-5-11-20-29)30-21-12-13-22-31(30)37-34(40)32-23-14-24-39(32)25-27-15-6-3-7-16-27;/h3-13,15-22,26,32H,14,23-25H2,1-2H3,(H2,37,38,40,41,42);/p-1/t26-,32-,36-;/m0./s1. The number of hydrogen-bond donors (Lipinski definition) is 1. The van der Waals surface area contributed by atoms with Crippen molar-refractivity contribution in [2.75, 3.05) is 6.54 Å². The van der Waals surface area contributed by atoms with E-state index in [4.69, 9.17) is 4.99 Å². The fourth-order valence-electron chi connectivity index (χ4n) is 5.58. The molecule has 1 N–H and O–H groups in total. The molecular formula is C36H36N3NiO3-. The Kier molecular flexibility index (Phi) is 10.7. The van der Waals surface area contributed by atoms with Crippen molar-refractivity contribution >= 4 is 23.3 Å². The smallest absolute Gasteiger partial charge is 0.331 e. The van der Waals surface area contributed by atoms with Gasteiger partial charge in [0.2, 0.25) is 0 Å². The summed E-state index contributed by atoms with van der Waals surface area (Å²) in [6, 6.07) is 36.3. The van der Waals surface area contributed by atoms with Crippen LogP contribution in [0.1, 0.15) is 54.9 Å². The average molecular weight is 617 g/mol. The van der Waals surface area contributed by atoms with Gasteiger partial charge in [0.25, 0.3) is 0 Å². The molecule has 43 heavy (non-hydrogen) atoms. The number of amides is 1. The Bertz CT molecular complexity index is 1550. The summed E-state index contributed by atoms with van der Waals surface area (Å²) in [6.07, 6.45) is 1.69. The molecule has 1 aliphatic heterocycles. The van der Waals surface area contributed by atoms with Gasteiger partial charge in [0, 0.05) is 34.5 Å². The number of benzene rings is 4. The van der Waals surface area contributed by atoms with E-state index in [-0.39, 0.29) is 28.4 Å². The topological polar surface area (TPSA) is 84.1 Å². The van der Waals surface area contributed by atoms with Gasteiger partial charge < -0.3 is 15.2 Å². The minimum atomic E-state index is -1.48. The number of aliphatic carboxylic acids is 1. The van der Waals surface area contributed by atoms with Gasteiger partial charge in [-0.15, -0.1) is 5.69 Å². The molecule has 1 amide bonds. The van der Waals surface area contributed by atoms with Crippen molar-refractivity contribution in [3.05, 3.63) is 143 Å². The maximum Gasteiger partial charge on any atom is 0.331 e. The maximum atomic E-state index is 13.7. The van der Waals surface area contributed by atoms with E-state index in [9.17, 15) is 14.7 Å². The number of hydrogen-bond acceptors (Lipinski definition) is 4.